The largest absolute Gasteiger partial charge is 0.397 e. The monoisotopic (exact) mass is 319 g/mol. The van der Waals surface area contributed by atoms with E-state index in [4.69, 9.17) is 10.8 Å². The van der Waals surface area contributed by atoms with Gasteiger partial charge in [-0.2, -0.15) is 4.39 Å². The van der Waals surface area contributed by atoms with Crippen LogP contribution in [0.2, 0.25) is 0 Å². The molecule has 3 rings (SSSR count). The number of nitrogens with one attached hydrogen (secondary N) is 1. The highest BCUT2D eigenvalue weighted by Gasteiger charge is 2.22. The molecule has 122 valence electrons. The van der Waals surface area contributed by atoms with Gasteiger partial charge in [0.25, 0.3) is 0 Å². The van der Waals surface area contributed by atoms with Crippen molar-refractivity contribution in [2.24, 2.45) is 5.92 Å². The second-order valence-electron chi connectivity index (χ2n) is 5.81. The molecule has 0 amide bonds. The molecular weight excluding hydrogens is 300 g/mol. The van der Waals surface area contributed by atoms with Gasteiger partial charge in [-0.25, -0.2) is 9.37 Å². The molecule has 23 heavy (non-hydrogen) atoms. The number of alkyl halides is 1. The number of aliphatic hydroxyl groups is 1. The van der Waals surface area contributed by atoms with Crippen molar-refractivity contribution >= 4 is 11.4 Å². The first-order valence-electron chi connectivity index (χ1n) is 7.62. The Balaban J connectivity index is 1.96. The molecule has 1 heterocycles. The van der Waals surface area contributed by atoms with E-state index in [1.165, 1.54) is 25.0 Å². The summed E-state index contributed by atoms with van der Waals surface area (Å²) in [6.45, 7) is -0.322. The third-order valence-electron chi connectivity index (χ3n) is 4.13. The quantitative estimate of drug-likeness (QED) is 0.564. The Morgan fingerprint density at radius 1 is 1.22 bits per heavy atom. The second kappa shape index (κ2) is 6.50. The van der Waals surface area contributed by atoms with Crippen molar-refractivity contribution in [3.8, 4) is 11.1 Å². The van der Waals surface area contributed by atoms with Crippen molar-refractivity contribution < 1.29 is 13.9 Å². The predicted molar refractivity (Wildman–Crippen MR) is 86.0 cm³/mol. The molecule has 0 atom stereocenters. The van der Waals surface area contributed by atoms with E-state index < -0.39 is 12.6 Å². The fourth-order valence-electron chi connectivity index (χ4n) is 2.55. The molecule has 1 aliphatic carbocycles. The van der Waals surface area contributed by atoms with Gasteiger partial charge in [0.1, 0.15) is 6.67 Å². The second-order valence-corrected chi connectivity index (χ2v) is 5.81. The summed E-state index contributed by atoms with van der Waals surface area (Å²) in [5, 5.41) is 12.2. The van der Waals surface area contributed by atoms with Crippen molar-refractivity contribution in [2.75, 3.05) is 17.6 Å². The van der Waals surface area contributed by atoms with E-state index in [-0.39, 0.29) is 23.4 Å². The summed E-state index contributed by atoms with van der Waals surface area (Å²) in [4.78, 5) is 3.67. The van der Waals surface area contributed by atoms with E-state index in [2.05, 4.69) is 10.3 Å². The predicted octanol–water partition coefficient (Wildman–Crippen LogP) is 3.25. The average molecular weight is 319 g/mol. The Hall–Kier alpha value is -2.21. The maximum atomic E-state index is 14.1. The third kappa shape index (κ3) is 3.27. The van der Waals surface area contributed by atoms with Gasteiger partial charge in [0, 0.05) is 17.7 Å². The van der Waals surface area contributed by atoms with E-state index in [9.17, 15) is 8.78 Å². The first-order valence-corrected chi connectivity index (χ1v) is 7.62. The molecule has 0 unspecified atom stereocenters. The normalized spacial score (nSPS) is 14.0. The van der Waals surface area contributed by atoms with Gasteiger partial charge in [0.2, 0.25) is 5.95 Å². The van der Waals surface area contributed by atoms with E-state index in [1.54, 1.807) is 12.1 Å². The molecule has 0 saturated heterocycles. The lowest BCUT2D eigenvalue weighted by Crippen LogP contribution is -2.08. The number of aromatic nitrogens is 1. The highest BCUT2D eigenvalue weighted by molar-refractivity contribution is 5.81. The van der Waals surface area contributed by atoms with Gasteiger partial charge in [-0.15, -0.1) is 0 Å². The molecule has 1 aromatic carbocycles. The Labute approximate surface area is 133 Å². The molecule has 0 aliphatic heterocycles. The number of pyridine rings is 1. The van der Waals surface area contributed by atoms with E-state index in [0.29, 0.717) is 22.9 Å². The first kappa shape index (κ1) is 15.7. The van der Waals surface area contributed by atoms with Gasteiger partial charge in [-0.1, -0.05) is 6.07 Å². The smallest absolute Gasteiger partial charge is 0.221 e. The van der Waals surface area contributed by atoms with Gasteiger partial charge < -0.3 is 16.2 Å². The van der Waals surface area contributed by atoms with E-state index in [0.717, 1.165) is 6.54 Å². The minimum Gasteiger partial charge on any atom is -0.397 e. The molecule has 4 nitrogen and oxygen atoms in total. The van der Waals surface area contributed by atoms with Crippen LogP contribution in [0.3, 0.4) is 0 Å². The highest BCUT2D eigenvalue weighted by Crippen LogP contribution is 2.36. The van der Waals surface area contributed by atoms with Crippen LogP contribution in [0.5, 0.6) is 0 Å². The fraction of sp³-hybridized carbons (Fsp3) is 0.353. The van der Waals surface area contributed by atoms with Crippen LogP contribution in [0.1, 0.15) is 24.1 Å². The number of anilines is 2. The molecule has 1 fully saturated rings. The topological polar surface area (TPSA) is 71.2 Å². The Morgan fingerprint density at radius 2 is 1.96 bits per heavy atom. The van der Waals surface area contributed by atoms with Crippen LogP contribution < -0.4 is 11.1 Å². The van der Waals surface area contributed by atoms with Crippen molar-refractivity contribution in [1.82, 2.24) is 4.98 Å². The SMILES string of the molecule is Nc1c(NCC2CC2)ccc(-c2ccc(CO)nc2F)c1CF. The van der Waals surface area contributed by atoms with Gasteiger partial charge in [-0.05, 0) is 42.5 Å². The number of hydrogen-bond acceptors (Lipinski definition) is 4. The lowest BCUT2D eigenvalue weighted by atomic mass is 9.98. The molecule has 6 heteroatoms. The zero-order chi connectivity index (χ0) is 16.4. The van der Waals surface area contributed by atoms with E-state index >= 15 is 0 Å². The maximum Gasteiger partial charge on any atom is 0.221 e. The van der Waals surface area contributed by atoms with Gasteiger partial charge in [0.15, 0.2) is 0 Å². The molecule has 0 radical (unpaired) electrons. The molecule has 1 aliphatic rings. The van der Waals surface area contributed by atoms with Crippen LogP contribution in [0, 0.1) is 11.9 Å². The Morgan fingerprint density at radius 3 is 2.57 bits per heavy atom. The number of halogens is 2. The Kier molecular flexibility index (Phi) is 4.43. The molecule has 0 bridgehead atoms. The zero-order valence-electron chi connectivity index (χ0n) is 12.6. The van der Waals surface area contributed by atoms with Crippen molar-refractivity contribution in [2.45, 2.75) is 26.1 Å². The number of nitrogens with zero attached hydrogens (tertiary/aromatic N) is 1. The molecule has 0 spiro atoms. The van der Waals surface area contributed by atoms with Crippen LogP contribution in [0.25, 0.3) is 11.1 Å². The summed E-state index contributed by atoms with van der Waals surface area (Å²) in [6.07, 6.45) is 2.41. The van der Waals surface area contributed by atoms with Crippen LogP contribution >= 0.6 is 0 Å². The fourth-order valence-corrected chi connectivity index (χ4v) is 2.55. The van der Waals surface area contributed by atoms with Gasteiger partial charge in [0.05, 0.1) is 23.7 Å². The zero-order valence-corrected chi connectivity index (χ0v) is 12.6. The molecular formula is C17H19F2N3O. The minimum atomic E-state index is -0.790. The number of nitrogens with two attached hydrogens (primary N) is 1. The van der Waals surface area contributed by atoms with E-state index in [1.807, 2.05) is 0 Å². The number of rotatable bonds is 6. The maximum absolute atomic E-state index is 14.1. The van der Waals surface area contributed by atoms with Crippen LogP contribution in [0.4, 0.5) is 20.2 Å². The molecule has 1 saturated carbocycles. The summed E-state index contributed by atoms with van der Waals surface area (Å²) < 4.78 is 27.6. The number of aliphatic hydroxyl groups excluding tert-OH is 1. The van der Waals surface area contributed by atoms with Crippen LogP contribution in [-0.2, 0) is 13.3 Å². The third-order valence-corrected chi connectivity index (χ3v) is 4.13. The summed E-state index contributed by atoms with van der Waals surface area (Å²) in [5.74, 6) is -0.0834. The highest BCUT2D eigenvalue weighted by atomic mass is 19.1. The summed E-state index contributed by atoms with van der Waals surface area (Å²) >= 11 is 0. The van der Waals surface area contributed by atoms with Crippen LogP contribution in [-0.4, -0.2) is 16.6 Å². The first-order chi connectivity index (χ1) is 11.1. The number of hydrogen-bond donors (Lipinski definition) is 3. The van der Waals surface area contributed by atoms with Crippen LogP contribution in [0.15, 0.2) is 24.3 Å². The summed E-state index contributed by atoms with van der Waals surface area (Å²) in [5.41, 5.74) is 8.08. The minimum absolute atomic E-state index is 0.176. The average Bonchev–Trinajstić information content (AvgIpc) is 3.38. The number of nitrogen functional groups attached to an aromatic ring is 1. The lowest BCUT2D eigenvalue weighted by Gasteiger charge is -2.16. The van der Waals surface area contributed by atoms with Crippen molar-refractivity contribution in [1.29, 1.82) is 0 Å². The van der Waals surface area contributed by atoms with Crippen molar-refractivity contribution in [3.05, 3.63) is 41.5 Å². The van der Waals surface area contributed by atoms with Gasteiger partial charge in [-0.3, -0.25) is 0 Å². The van der Waals surface area contributed by atoms with Crippen molar-refractivity contribution in [3.63, 3.8) is 0 Å². The van der Waals surface area contributed by atoms with Gasteiger partial charge >= 0.3 is 0 Å². The Bertz CT molecular complexity index is 717. The number of benzene rings is 1. The summed E-state index contributed by atoms with van der Waals surface area (Å²) in [6, 6.07) is 6.39. The lowest BCUT2D eigenvalue weighted by molar-refractivity contribution is 0.275. The molecule has 1 aromatic heterocycles. The standard InChI is InChI=1S/C17H19F2N3O/c18-7-14-12(13-4-3-11(9-23)22-17(13)19)5-6-15(16(14)20)21-8-10-1-2-10/h3-6,10,21,23H,1-2,7-9,20H2. The summed E-state index contributed by atoms with van der Waals surface area (Å²) in [7, 11) is 0. The molecule has 2 aromatic rings. The molecule has 4 N–H and O–H groups in total.